The van der Waals surface area contributed by atoms with Crippen LogP contribution in [0, 0.1) is 13.8 Å². The van der Waals surface area contributed by atoms with Crippen molar-refractivity contribution in [2.45, 2.75) is 39.3 Å². The standard InChI is InChI=1S/C11H19N3O/c1-7(12)11-8(2)13-14(9(11)3)10-4-5-15-6-10/h7,10H,4-6,12H2,1-3H3. The van der Waals surface area contributed by atoms with Gasteiger partial charge in [-0.25, -0.2) is 0 Å². The van der Waals surface area contributed by atoms with Crippen LogP contribution in [-0.2, 0) is 4.74 Å². The molecule has 1 aromatic heterocycles. The lowest BCUT2D eigenvalue weighted by atomic mass is 10.1. The number of ether oxygens (including phenoxy) is 1. The number of aromatic nitrogens is 2. The van der Waals surface area contributed by atoms with E-state index in [2.05, 4.69) is 16.7 Å². The van der Waals surface area contributed by atoms with Gasteiger partial charge in [-0.2, -0.15) is 5.10 Å². The Hall–Kier alpha value is -0.870. The topological polar surface area (TPSA) is 53.1 Å². The molecular formula is C11H19N3O. The largest absolute Gasteiger partial charge is 0.379 e. The number of nitrogens with zero attached hydrogens (tertiary/aromatic N) is 2. The van der Waals surface area contributed by atoms with Crippen LogP contribution in [0.5, 0.6) is 0 Å². The second kappa shape index (κ2) is 3.94. The van der Waals surface area contributed by atoms with Gasteiger partial charge in [0.25, 0.3) is 0 Å². The van der Waals surface area contributed by atoms with Crippen molar-refractivity contribution in [3.05, 3.63) is 17.0 Å². The predicted molar refractivity (Wildman–Crippen MR) is 58.8 cm³/mol. The van der Waals surface area contributed by atoms with Gasteiger partial charge in [0.05, 0.1) is 18.3 Å². The van der Waals surface area contributed by atoms with Crippen LogP contribution < -0.4 is 5.73 Å². The third-order valence-corrected chi connectivity index (χ3v) is 3.09. The molecule has 4 nitrogen and oxygen atoms in total. The maximum atomic E-state index is 5.94. The summed E-state index contributed by atoms with van der Waals surface area (Å²) in [5.74, 6) is 0. The smallest absolute Gasteiger partial charge is 0.0777 e. The van der Waals surface area contributed by atoms with Crippen LogP contribution in [-0.4, -0.2) is 23.0 Å². The second-order valence-corrected chi connectivity index (χ2v) is 4.34. The van der Waals surface area contributed by atoms with Crippen molar-refractivity contribution in [1.29, 1.82) is 0 Å². The number of nitrogens with two attached hydrogens (primary N) is 1. The summed E-state index contributed by atoms with van der Waals surface area (Å²) < 4.78 is 7.47. The van der Waals surface area contributed by atoms with E-state index in [1.807, 2.05) is 13.8 Å². The van der Waals surface area contributed by atoms with E-state index >= 15 is 0 Å². The minimum absolute atomic E-state index is 0.0565. The van der Waals surface area contributed by atoms with Gasteiger partial charge in [0.1, 0.15) is 0 Å². The Morgan fingerprint density at radius 1 is 1.53 bits per heavy atom. The molecule has 0 bridgehead atoms. The molecule has 1 fully saturated rings. The van der Waals surface area contributed by atoms with E-state index in [-0.39, 0.29) is 6.04 Å². The summed E-state index contributed by atoms with van der Waals surface area (Å²) >= 11 is 0. The SMILES string of the molecule is Cc1nn(C2CCOC2)c(C)c1C(C)N. The molecule has 1 aromatic rings. The van der Waals surface area contributed by atoms with Gasteiger partial charge in [0.2, 0.25) is 0 Å². The lowest BCUT2D eigenvalue weighted by Crippen LogP contribution is -2.13. The Bertz CT molecular complexity index is 351. The fraction of sp³-hybridized carbons (Fsp3) is 0.727. The summed E-state index contributed by atoms with van der Waals surface area (Å²) in [5, 5.41) is 4.57. The normalized spacial score (nSPS) is 23.3. The lowest BCUT2D eigenvalue weighted by Gasteiger charge is -2.12. The van der Waals surface area contributed by atoms with Gasteiger partial charge >= 0.3 is 0 Å². The average molecular weight is 209 g/mol. The maximum Gasteiger partial charge on any atom is 0.0777 e. The van der Waals surface area contributed by atoms with Gasteiger partial charge in [0.15, 0.2) is 0 Å². The van der Waals surface area contributed by atoms with Crippen molar-refractivity contribution in [1.82, 2.24) is 9.78 Å². The average Bonchev–Trinajstić information content (AvgIpc) is 2.72. The second-order valence-electron chi connectivity index (χ2n) is 4.34. The lowest BCUT2D eigenvalue weighted by molar-refractivity contribution is 0.184. The molecule has 0 saturated carbocycles. The molecule has 1 aliphatic rings. The first-order chi connectivity index (χ1) is 7.11. The Balaban J connectivity index is 2.36. The first-order valence-corrected chi connectivity index (χ1v) is 5.50. The molecule has 0 aromatic carbocycles. The summed E-state index contributed by atoms with van der Waals surface area (Å²) in [5.41, 5.74) is 9.37. The van der Waals surface area contributed by atoms with Crippen LogP contribution in [0.1, 0.15) is 42.4 Å². The Kier molecular flexibility index (Phi) is 2.80. The highest BCUT2D eigenvalue weighted by Gasteiger charge is 2.23. The molecular weight excluding hydrogens is 190 g/mol. The highest BCUT2D eigenvalue weighted by molar-refractivity contribution is 5.27. The van der Waals surface area contributed by atoms with E-state index in [4.69, 9.17) is 10.5 Å². The molecule has 84 valence electrons. The van der Waals surface area contributed by atoms with E-state index < -0.39 is 0 Å². The Morgan fingerprint density at radius 3 is 2.73 bits per heavy atom. The van der Waals surface area contributed by atoms with Crippen LogP contribution in [0.15, 0.2) is 0 Å². The zero-order chi connectivity index (χ0) is 11.0. The molecule has 0 aliphatic carbocycles. The number of hydrogen-bond acceptors (Lipinski definition) is 3. The van der Waals surface area contributed by atoms with Crippen LogP contribution >= 0.6 is 0 Å². The number of aryl methyl sites for hydroxylation is 1. The maximum absolute atomic E-state index is 5.94. The fourth-order valence-electron chi connectivity index (χ4n) is 2.41. The van der Waals surface area contributed by atoms with Crippen molar-refractivity contribution >= 4 is 0 Å². The molecule has 15 heavy (non-hydrogen) atoms. The van der Waals surface area contributed by atoms with Crippen molar-refractivity contribution in [2.75, 3.05) is 13.2 Å². The molecule has 1 saturated heterocycles. The molecule has 0 spiro atoms. The third-order valence-electron chi connectivity index (χ3n) is 3.09. The van der Waals surface area contributed by atoms with Crippen LogP contribution in [0.25, 0.3) is 0 Å². The van der Waals surface area contributed by atoms with Crippen molar-refractivity contribution < 1.29 is 4.74 Å². The molecule has 2 heterocycles. The third kappa shape index (κ3) is 1.79. The van der Waals surface area contributed by atoms with Gasteiger partial charge in [-0.15, -0.1) is 0 Å². The summed E-state index contributed by atoms with van der Waals surface area (Å²) in [6.07, 6.45) is 1.06. The highest BCUT2D eigenvalue weighted by atomic mass is 16.5. The molecule has 1 aliphatic heterocycles. The highest BCUT2D eigenvalue weighted by Crippen LogP contribution is 2.26. The summed E-state index contributed by atoms with van der Waals surface area (Å²) in [7, 11) is 0. The van der Waals surface area contributed by atoms with Gasteiger partial charge in [-0.3, -0.25) is 4.68 Å². The van der Waals surface area contributed by atoms with Gasteiger partial charge < -0.3 is 10.5 Å². The number of rotatable bonds is 2. The first kappa shape index (κ1) is 10.6. The number of hydrogen-bond donors (Lipinski definition) is 1. The minimum atomic E-state index is 0.0565. The zero-order valence-electron chi connectivity index (χ0n) is 9.66. The van der Waals surface area contributed by atoms with Crippen molar-refractivity contribution in [3.8, 4) is 0 Å². The van der Waals surface area contributed by atoms with Crippen LogP contribution in [0.4, 0.5) is 0 Å². The Morgan fingerprint density at radius 2 is 2.27 bits per heavy atom. The molecule has 2 rings (SSSR count). The molecule has 0 amide bonds. The Labute approximate surface area is 90.4 Å². The van der Waals surface area contributed by atoms with Gasteiger partial charge in [-0.1, -0.05) is 0 Å². The van der Waals surface area contributed by atoms with Crippen molar-refractivity contribution in [2.24, 2.45) is 5.73 Å². The van der Waals surface area contributed by atoms with E-state index in [0.29, 0.717) is 6.04 Å². The minimum Gasteiger partial charge on any atom is -0.379 e. The van der Waals surface area contributed by atoms with E-state index in [1.54, 1.807) is 0 Å². The molecule has 0 radical (unpaired) electrons. The quantitative estimate of drug-likeness (QED) is 0.802. The molecule has 4 heteroatoms. The van der Waals surface area contributed by atoms with Crippen LogP contribution in [0.2, 0.25) is 0 Å². The van der Waals surface area contributed by atoms with E-state index in [1.165, 1.54) is 11.3 Å². The van der Waals surface area contributed by atoms with E-state index in [9.17, 15) is 0 Å². The van der Waals surface area contributed by atoms with E-state index in [0.717, 1.165) is 25.3 Å². The van der Waals surface area contributed by atoms with Gasteiger partial charge in [-0.05, 0) is 27.2 Å². The monoisotopic (exact) mass is 209 g/mol. The first-order valence-electron chi connectivity index (χ1n) is 5.50. The predicted octanol–water partition coefficient (Wildman–Crippen LogP) is 1.48. The fourth-order valence-corrected chi connectivity index (χ4v) is 2.41. The van der Waals surface area contributed by atoms with Crippen molar-refractivity contribution in [3.63, 3.8) is 0 Å². The molecule has 2 atom stereocenters. The summed E-state index contributed by atoms with van der Waals surface area (Å²) in [6.45, 7) is 7.75. The molecule has 2 N–H and O–H groups in total. The summed E-state index contributed by atoms with van der Waals surface area (Å²) in [4.78, 5) is 0. The molecule has 2 unspecified atom stereocenters. The van der Waals surface area contributed by atoms with Gasteiger partial charge in [0, 0.05) is 23.9 Å². The zero-order valence-corrected chi connectivity index (χ0v) is 9.66. The van der Waals surface area contributed by atoms with Crippen LogP contribution in [0.3, 0.4) is 0 Å². The summed E-state index contributed by atoms with van der Waals surface area (Å²) in [6, 6.07) is 0.456.